The van der Waals surface area contributed by atoms with E-state index in [0.29, 0.717) is 5.92 Å². The van der Waals surface area contributed by atoms with Crippen LogP contribution in [0.5, 0.6) is 0 Å². The quantitative estimate of drug-likeness (QED) is 0.760. The number of hydrogen-bond donors (Lipinski definition) is 1. The van der Waals surface area contributed by atoms with Gasteiger partial charge in [0.05, 0.1) is 5.60 Å². The molecule has 16 heavy (non-hydrogen) atoms. The maximum Gasteiger partial charge on any atom is 0.0650 e. The summed E-state index contributed by atoms with van der Waals surface area (Å²) in [5, 5.41) is 10.7. The molecule has 3 atom stereocenters. The van der Waals surface area contributed by atoms with Crippen molar-refractivity contribution in [1.29, 1.82) is 0 Å². The third-order valence-electron chi connectivity index (χ3n) is 5.17. The van der Waals surface area contributed by atoms with Crippen molar-refractivity contribution in [2.75, 3.05) is 0 Å². The molecule has 0 aliphatic heterocycles. The molecule has 2 rings (SSSR count). The maximum atomic E-state index is 10.7. The second-order valence-electron chi connectivity index (χ2n) is 6.50. The van der Waals surface area contributed by atoms with Gasteiger partial charge in [0.1, 0.15) is 0 Å². The van der Waals surface area contributed by atoms with Crippen molar-refractivity contribution < 1.29 is 5.11 Å². The standard InChI is InChI=1S/C15H28O/c1-3-12-6-5-9-14(10-12)15(2,16)11-13-7-4-8-13/h12-14,16H,3-11H2,1-2H3. The molecule has 94 valence electrons. The lowest BCUT2D eigenvalue weighted by Crippen LogP contribution is -2.40. The van der Waals surface area contributed by atoms with Gasteiger partial charge in [0.2, 0.25) is 0 Å². The topological polar surface area (TPSA) is 20.2 Å². The van der Waals surface area contributed by atoms with E-state index in [9.17, 15) is 5.11 Å². The van der Waals surface area contributed by atoms with E-state index in [0.717, 1.165) is 18.3 Å². The molecule has 0 aromatic heterocycles. The molecule has 0 spiro atoms. The molecule has 2 aliphatic rings. The summed E-state index contributed by atoms with van der Waals surface area (Å²) in [4.78, 5) is 0. The van der Waals surface area contributed by atoms with E-state index in [1.807, 2.05) is 0 Å². The van der Waals surface area contributed by atoms with Gasteiger partial charge in [0.25, 0.3) is 0 Å². The van der Waals surface area contributed by atoms with Crippen LogP contribution in [-0.2, 0) is 0 Å². The summed E-state index contributed by atoms with van der Waals surface area (Å²) in [6.07, 6.45) is 11.7. The van der Waals surface area contributed by atoms with E-state index >= 15 is 0 Å². The Bertz CT molecular complexity index is 217. The average molecular weight is 224 g/mol. The Kier molecular flexibility index (Phi) is 3.94. The van der Waals surface area contributed by atoms with Crippen molar-refractivity contribution in [3.8, 4) is 0 Å². The van der Waals surface area contributed by atoms with Gasteiger partial charge < -0.3 is 5.11 Å². The van der Waals surface area contributed by atoms with Crippen LogP contribution in [0.4, 0.5) is 0 Å². The van der Waals surface area contributed by atoms with Gasteiger partial charge in [0, 0.05) is 0 Å². The minimum Gasteiger partial charge on any atom is -0.390 e. The number of rotatable bonds is 4. The first kappa shape index (κ1) is 12.4. The fraction of sp³-hybridized carbons (Fsp3) is 1.00. The molecule has 2 aliphatic carbocycles. The molecule has 0 aromatic carbocycles. The molecule has 1 nitrogen and oxygen atoms in total. The van der Waals surface area contributed by atoms with E-state index in [1.165, 1.54) is 51.4 Å². The van der Waals surface area contributed by atoms with Gasteiger partial charge in [-0.1, -0.05) is 45.4 Å². The van der Waals surface area contributed by atoms with Gasteiger partial charge >= 0.3 is 0 Å². The predicted molar refractivity (Wildman–Crippen MR) is 68.3 cm³/mol. The lowest BCUT2D eigenvalue weighted by Gasteiger charge is -2.42. The molecule has 0 saturated heterocycles. The Balaban J connectivity index is 1.87. The van der Waals surface area contributed by atoms with Crippen molar-refractivity contribution in [2.45, 2.75) is 77.2 Å². The molecule has 3 unspecified atom stereocenters. The minimum atomic E-state index is -0.376. The summed E-state index contributed by atoms with van der Waals surface area (Å²) in [6, 6.07) is 0. The third-order valence-corrected chi connectivity index (χ3v) is 5.17. The van der Waals surface area contributed by atoms with E-state index in [4.69, 9.17) is 0 Å². The molecule has 2 saturated carbocycles. The molecule has 0 radical (unpaired) electrons. The van der Waals surface area contributed by atoms with Crippen molar-refractivity contribution in [2.24, 2.45) is 17.8 Å². The van der Waals surface area contributed by atoms with Gasteiger partial charge in [-0.3, -0.25) is 0 Å². The maximum absolute atomic E-state index is 10.7. The zero-order valence-corrected chi connectivity index (χ0v) is 11.0. The van der Waals surface area contributed by atoms with Crippen LogP contribution >= 0.6 is 0 Å². The highest BCUT2D eigenvalue weighted by atomic mass is 16.3. The first-order valence-electron chi connectivity index (χ1n) is 7.34. The van der Waals surface area contributed by atoms with Crippen molar-refractivity contribution in [1.82, 2.24) is 0 Å². The zero-order valence-electron chi connectivity index (χ0n) is 11.0. The highest BCUT2D eigenvalue weighted by Gasteiger charge is 2.38. The monoisotopic (exact) mass is 224 g/mol. The molecule has 0 aromatic rings. The van der Waals surface area contributed by atoms with Crippen LogP contribution in [0.1, 0.15) is 71.6 Å². The predicted octanol–water partition coefficient (Wildman–Crippen LogP) is 4.14. The second-order valence-corrected chi connectivity index (χ2v) is 6.50. The molecule has 0 heterocycles. The van der Waals surface area contributed by atoms with E-state index in [2.05, 4.69) is 13.8 Å². The fourth-order valence-electron chi connectivity index (χ4n) is 3.67. The highest BCUT2D eigenvalue weighted by molar-refractivity contribution is 4.89. The minimum absolute atomic E-state index is 0.376. The first-order chi connectivity index (χ1) is 7.62. The smallest absolute Gasteiger partial charge is 0.0650 e. The summed E-state index contributed by atoms with van der Waals surface area (Å²) >= 11 is 0. The summed E-state index contributed by atoms with van der Waals surface area (Å²) in [7, 11) is 0. The molecule has 2 fully saturated rings. The summed E-state index contributed by atoms with van der Waals surface area (Å²) < 4.78 is 0. The normalized spacial score (nSPS) is 35.4. The molecule has 1 N–H and O–H groups in total. The van der Waals surface area contributed by atoms with E-state index < -0.39 is 0 Å². The van der Waals surface area contributed by atoms with Gasteiger partial charge in [-0.15, -0.1) is 0 Å². The largest absolute Gasteiger partial charge is 0.390 e. The lowest BCUT2D eigenvalue weighted by molar-refractivity contribution is -0.0520. The van der Waals surface area contributed by atoms with Crippen molar-refractivity contribution in [3.05, 3.63) is 0 Å². The highest BCUT2D eigenvalue weighted by Crippen LogP contribution is 2.42. The second kappa shape index (κ2) is 5.08. The lowest BCUT2D eigenvalue weighted by atomic mass is 9.67. The molecule has 0 amide bonds. The van der Waals surface area contributed by atoms with Crippen LogP contribution in [0, 0.1) is 17.8 Å². The first-order valence-corrected chi connectivity index (χ1v) is 7.34. The van der Waals surface area contributed by atoms with Crippen LogP contribution in [0.15, 0.2) is 0 Å². The Morgan fingerprint density at radius 1 is 1.06 bits per heavy atom. The van der Waals surface area contributed by atoms with Crippen molar-refractivity contribution >= 4 is 0 Å². The van der Waals surface area contributed by atoms with E-state index in [-0.39, 0.29) is 5.60 Å². The van der Waals surface area contributed by atoms with Crippen molar-refractivity contribution in [3.63, 3.8) is 0 Å². The molecular formula is C15H28O. The van der Waals surface area contributed by atoms with Crippen LogP contribution < -0.4 is 0 Å². The van der Waals surface area contributed by atoms with Crippen LogP contribution in [0.3, 0.4) is 0 Å². The fourth-order valence-corrected chi connectivity index (χ4v) is 3.67. The van der Waals surface area contributed by atoms with E-state index in [1.54, 1.807) is 0 Å². The van der Waals surface area contributed by atoms with Gasteiger partial charge in [-0.2, -0.15) is 0 Å². The molecular weight excluding hydrogens is 196 g/mol. The van der Waals surface area contributed by atoms with Crippen LogP contribution in [-0.4, -0.2) is 10.7 Å². The molecule has 1 heteroatoms. The zero-order chi connectivity index (χ0) is 11.6. The third kappa shape index (κ3) is 2.80. The molecule has 0 bridgehead atoms. The van der Waals surface area contributed by atoms with Crippen LogP contribution in [0.2, 0.25) is 0 Å². The Morgan fingerprint density at radius 2 is 1.69 bits per heavy atom. The van der Waals surface area contributed by atoms with Gasteiger partial charge in [-0.05, 0) is 43.9 Å². The van der Waals surface area contributed by atoms with Gasteiger partial charge in [0.15, 0.2) is 0 Å². The number of aliphatic hydroxyl groups is 1. The Morgan fingerprint density at radius 3 is 2.25 bits per heavy atom. The Labute approximate surface area is 101 Å². The summed E-state index contributed by atoms with van der Waals surface area (Å²) in [6.45, 7) is 4.40. The average Bonchev–Trinajstić information content (AvgIpc) is 2.24. The number of hydrogen-bond acceptors (Lipinski definition) is 1. The summed E-state index contributed by atoms with van der Waals surface area (Å²) in [5.41, 5.74) is -0.376. The summed E-state index contributed by atoms with van der Waals surface area (Å²) in [5.74, 6) is 2.29. The SMILES string of the molecule is CCC1CCCC(C(C)(O)CC2CCC2)C1. The Hall–Kier alpha value is -0.0400. The van der Waals surface area contributed by atoms with Crippen LogP contribution in [0.25, 0.3) is 0 Å². The van der Waals surface area contributed by atoms with Gasteiger partial charge in [-0.25, -0.2) is 0 Å².